The van der Waals surface area contributed by atoms with Crippen molar-refractivity contribution in [2.45, 2.75) is 24.8 Å². The first-order valence-electron chi connectivity index (χ1n) is 14.6. The molecular formula is C33H32N6O6S2. The number of hydrogen-bond acceptors (Lipinski definition) is 11. The van der Waals surface area contributed by atoms with Gasteiger partial charge in [0.1, 0.15) is 11.6 Å². The Morgan fingerprint density at radius 2 is 1.72 bits per heavy atom. The monoisotopic (exact) mass is 672 g/mol. The first-order valence-corrected chi connectivity index (χ1v) is 17.9. The number of phenols is 1. The van der Waals surface area contributed by atoms with E-state index in [4.69, 9.17) is 4.18 Å². The molecule has 14 heteroatoms. The molecule has 6 aromatic rings. The van der Waals surface area contributed by atoms with E-state index in [1.165, 1.54) is 3.97 Å². The fourth-order valence-electron chi connectivity index (χ4n) is 5.21. The van der Waals surface area contributed by atoms with Gasteiger partial charge in [-0.1, -0.05) is 35.9 Å². The number of phenolic OH excluding ortho intramolecular Hbond substituents is 1. The van der Waals surface area contributed by atoms with E-state index in [-0.39, 0.29) is 28.8 Å². The highest BCUT2D eigenvalue weighted by atomic mass is 32.2. The van der Waals surface area contributed by atoms with E-state index < -0.39 is 20.1 Å². The van der Waals surface area contributed by atoms with E-state index in [2.05, 4.69) is 25.6 Å². The van der Waals surface area contributed by atoms with Crippen molar-refractivity contribution in [3.05, 3.63) is 102 Å². The van der Waals surface area contributed by atoms with Gasteiger partial charge in [-0.25, -0.2) is 12.4 Å². The number of anilines is 2. The predicted octanol–water partition coefficient (Wildman–Crippen LogP) is 5.07. The van der Waals surface area contributed by atoms with E-state index in [1.807, 2.05) is 37.3 Å². The van der Waals surface area contributed by atoms with Crippen molar-refractivity contribution >= 4 is 53.8 Å². The molecule has 3 aromatic carbocycles. The van der Waals surface area contributed by atoms with Crippen LogP contribution in [0.4, 0.5) is 11.8 Å². The number of pyridine rings is 1. The molecule has 3 heterocycles. The van der Waals surface area contributed by atoms with Gasteiger partial charge in [-0.3, -0.25) is 9.17 Å². The van der Waals surface area contributed by atoms with Crippen LogP contribution in [-0.2, 0) is 37.3 Å². The van der Waals surface area contributed by atoms with E-state index in [9.17, 15) is 21.9 Å². The van der Waals surface area contributed by atoms with Crippen LogP contribution in [0.1, 0.15) is 16.7 Å². The smallest absolute Gasteiger partial charge is 0.269 e. The lowest BCUT2D eigenvalue weighted by molar-refractivity contribution is 0.326. The highest BCUT2D eigenvalue weighted by molar-refractivity contribution is 7.90. The number of aromatic nitrogens is 4. The molecule has 3 aromatic heterocycles. The highest BCUT2D eigenvalue weighted by Gasteiger charge is 2.26. The van der Waals surface area contributed by atoms with Gasteiger partial charge in [0.25, 0.3) is 20.1 Å². The molecule has 0 saturated carbocycles. The number of benzene rings is 3. The second kappa shape index (κ2) is 12.6. The first kappa shape index (κ1) is 31.9. The Morgan fingerprint density at radius 1 is 0.936 bits per heavy atom. The van der Waals surface area contributed by atoms with Gasteiger partial charge in [-0.15, -0.1) is 0 Å². The summed E-state index contributed by atoms with van der Waals surface area (Å²) in [6.45, 7) is 2.16. The standard InChI is InChI=1S/C33H32N6O6S2/c1-21-7-10-27(11-8-21)47(43,44)39-20-28(24-9-12-29-25(17-24)15-23(18-35-29)13-14-45-46(3,41)42)30-31(37-33(34-2)38-32(30)39)36-19-22-5-4-6-26(40)16-22/h4-12,15-18,20,40H,13-14,19H2,1-3H3,(H2,34,36,37,38). The lowest BCUT2D eigenvalue weighted by Crippen LogP contribution is -2.13. The summed E-state index contributed by atoms with van der Waals surface area (Å²) >= 11 is 0. The van der Waals surface area contributed by atoms with E-state index in [0.717, 1.165) is 28.3 Å². The number of nitrogens with one attached hydrogen (secondary N) is 2. The second-order valence-corrected chi connectivity index (χ2v) is 14.5. The normalized spacial score (nSPS) is 12.1. The van der Waals surface area contributed by atoms with Gasteiger partial charge in [0.2, 0.25) is 5.95 Å². The Kier molecular flexibility index (Phi) is 8.57. The third kappa shape index (κ3) is 6.89. The lowest BCUT2D eigenvalue weighted by atomic mass is 10.0. The minimum Gasteiger partial charge on any atom is -0.508 e. The summed E-state index contributed by atoms with van der Waals surface area (Å²) in [5.74, 6) is 0.723. The second-order valence-electron chi connectivity index (χ2n) is 11.1. The summed E-state index contributed by atoms with van der Waals surface area (Å²) in [4.78, 5) is 13.9. The summed E-state index contributed by atoms with van der Waals surface area (Å²) in [5.41, 5.74) is 4.61. The van der Waals surface area contributed by atoms with Crippen molar-refractivity contribution in [2.75, 3.05) is 30.5 Å². The lowest BCUT2D eigenvalue weighted by Gasteiger charge is -2.12. The average molecular weight is 673 g/mol. The maximum Gasteiger partial charge on any atom is 0.269 e. The summed E-state index contributed by atoms with van der Waals surface area (Å²) in [6.07, 6.45) is 4.55. The third-order valence-electron chi connectivity index (χ3n) is 7.52. The molecule has 0 bridgehead atoms. The minimum absolute atomic E-state index is 0.0184. The van der Waals surface area contributed by atoms with Crippen LogP contribution >= 0.6 is 0 Å². The van der Waals surface area contributed by atoms with Gasteiger partial charge in [-0.05, 0) is 72.5 Å². The van der Waals surface area contributed by atoms with Crippen molar-refractivity contribution in [1.82, 2.24) is 18.9 Å². The Balaban J connectivity index is 1.52. The van der Waals surface area contributed by atoms with Crippen LogP contribution in [0.5, 0.6) is 5.75 Å². The number of nitrogens with zero attached hydrogens (tertiary/aromatic N) is 4. The van der Waals surface area contributed by atoms with Gasteiger partial charge in [0.05, 0.1) is 28.7 Å². The molecule has 47 heavy (non-hydrogen) atoms. The first-order chi connectivity index (χ1) is 22.4. The zero-order chi connectivity index (χ0) is 33.3. The molecule has 242 valence electrons. The maximum absolute atomic E-state index is 14.1. The maximum atomic E-state index is 14.1. The Hall–Kier alpha value is -5.05. The van der Waals surface area contributed by atoms with Crippen LogP contribution in [0.15, 0.2) is 90.1 Å². The highest BCUT2D eigenvalue weighted by Crippen LogP contribution is 2.38. The molecule has 3 N–H and O–H groups in total. The number of hydrogen-bond donors (Lipinski definition) is 3. The van der Waals surface area contributed by atoms with Crippen molar-refractivity contribution in [3.63, 3.8) is 0 Å². The Morgan fingerprint density at radius 3 is 2.45 bits per heavy atom. The zero-order valence-corrected chi connectivity index (χ0v) is 27.4. The summed E-state index contributed by atoms with van der Waals surface area (Å²) in [5, 5.41) is 17.5. The number of rotatable bonds is 11. The summed E-state index contributed by atoms with van der Waals surface area (Å²) in [7, 11) is -6.02. The molecule has 12 nitrogen and oxygen atoms in total. The van der Waals surface area contributed by atoms with Gasteiger partial charge in [-0.2, -0.15) is 18.4 Å². The molecule has 0 unspecified atom stereocenters. The van der Waals surface area contributed by atoms with Crippen LogP contribution in [0.25, 0.3) is 33.1 Å². The minimum atomic E-state index is -4.09. The molecule has 6 rings (SSSR count). The van der Waals surface area contributed by atoms with Crippen LogP contribution in [0.2, 0.25) is 0 Å². The van der Waals surface area contributed by atoms with Crippen LogP contribution < -0.4 is 10.6 Å². The van der Waals surface area contributed by atoms with Crippen molar-refractivity contribution in [1.29, 1.82) is 0 Å². The van der Waals surface area contributed by atoms with E-state index in [0.29, 0.717) is 40.8 Å². The molecule has 0 atom stereocenters. The van der Waals surface area contributed by atoms with Crippen LogP contribution in [0.3, 0.4) is 0 Å². The Labute approximate surface area is 272 Å². The molecule has 0 fully saturated rings. The van der Waals surface area contributed by atoms with Crippen molar-refractivity contribution in [2.24, 2.45) is 0 Å². The largest absolute Gasteiger partial charge is 0.508 e. The fourth-order valence-corrected chi connectivity index (χ4v) is 6.91. The number of fused-ring (bicyclic) bond motifs is 2. The van der Waals surface area contributed by atoms with Crippen molar-refractivity contribution in [3.8, 4) is 16.9 Å². The molecule has 0 spiro atoms. The molecule has 0 amide bonds. The summed E-state index contributed by atoms with van der Waals surface area (Å²) in [6, 6.07) is 20.9. The molecule has 0 radical (unpaired) electrons. The SMILES string of the molecule is CNc1nc(NCc2cccc(O)c2)c2c(-c3ccc4ncc(CCOS(C)(=O)=O)cc4c3)cn(S(=O)(=O)c3ccc(C)cc3)c2n1. The van der Waals surface area contributed by atoms with Gasteiger partial charge in [0, 0.05) is 36.9 Å². The average Bonchev–Trinajstić information content (AvgIpc) is 3.43. The molecule has 0 aliphatic rings. The van der Waals surface area contributed by atoms with Crippen LogP contribution in [0, 0.1) is 6.92 Å². The fraction of sp³-hybridized carbons (Fsp3) is 0.182. The van der Waals surface area contributed by atoms with Crippen molar-refractivity contribution < 1.29 is 26.1 Å². The van der Waals surface area contributed by atoms with Crippen LogP contribution in [-0.4, -0.2) is 60.8 Å². The molecule has 0 saturated heterocycles. The molecule has 0 aliphatic heterocycles. The Bertz CT molecular complexity index is 2340. The molecular weight excluding hydrogens is 641 g/mol. The quantitative estimate of drug-likeness (QED) is 0.157. The number of aryl methyl sites for hydroxylation is 1. The third-order valence-corrected chi connectivity index (χ3v) is 9.78. The zero-order valence-electron chi connectivity index (χ0n) is 25.8. The summed E-state index contributed by atoms with van der Waals surface area (Å²) < 4.78 is 57.2. The molecule has 0 aliphatic carbocycles. The number of aromatic hydroxyl groups is 1. The van der Waals surface area contributed by atoms with E-state index >= 15 is 0 Å². The van der Waals surface area contributed by atoms with Gasteiger partial charge < -0.3 is 15.7 Å². The van der Waals surface area contributed by atoms with E-state index in [1.54, 1.807) is 61.9 Å². The van der Waals surface area contributed by atoms with Gasteiger partial charge in [0.15, 0.2) is 5.65 Å². The van der Waals surface area contributed by atoms with Gasteiger partial charge >= 0.3 is 0 Å². The predicted molar refractivity (Wildman–Crippen MR) is 182 cm³/mol. The topological polar surface area (TPSA) is 165 Å².